The molecule has 3 fully saturated rings. The lowest BCUT2D eigenvalue weighted by molar-refractivity contribution is -0.277. The number of alkyl carbamates (subject to hydrolysis) is 1. The Labute approximate surface area is 363 Å². The van der Waals surface area contributed by atoms with Crippen LogP contribution in [0.1, 0.15) is 83.3 Å². The Kier molecular flexibility index (Phi) is 13.4. The number of aliphatic hydroxyl groups is 3. The monoisotopic (exact) mass is 881 g/mol. The van der Waals surface area contributed by atoms with Crippen LogP contribution < -0.4 is 5.32 Å². The van der Waals surface area contributed by atoms with Gasteiger partial charge in [0.05, 0.1) is 41.3 Å². The molecule has 1 aliphatic heterocycles. The molecule has 1 heterocycles. The Hall–Kier alpha value is -4.81. The van der Waals surface area contributed by atoms with E-state index in [1.807, 2.05) is 0 Å². The van der Waals surface area contributed by atoms with Gasteiger partial charge in [0, 0.05) is 30.1 Å². The zero-order valence-electron chi connectivity index (χ0n) is 35.7. The van der Waals surface area contributed by atoms with Gasteiger partial charge in [0.2, 0.25) is 6.10 Å². The van der Waals surface area contributed by atoms with Crippen molar-refractivity contribution in [3.05, 3.63) is 82.9 Å². The Morgan fingerprint density at radius 3 is 2.16 bits per heavy atom. The van der Waals surface area contributed by atoms with E-state index in [1.54, 1.807) is 83.1 Å². The number of esters is 3. The van der Waals surface area contributed by atoms with Crippen LogP contribution in [-0.4, -0.2) is 122 Å². The van der Waals surface area contributed by atoms with Gasteiger partial charge in [0.25, 0.3) is 0 Å². The van der Waals surface area contributed by atoms with Crippen molar-refractivity contribution in [3.8, 4) is 0 Å². The van der Waals surface area contributed by atoms with Gasteiger partial charge in [-0.25, -0.2) is 14.4 Å². The van der Waals surface area contributed by atoms with E-state index in [-0.39, 0.29) is 35.3 Å². The van der Waals surface area contributed by atoms with Crippen molar-refractivity contribution in [3.63, 3.8) is 0 Å². The van der Waals surface area contributed by atoms with Gasteiger partial charge in [-0.1, -0.05) is 62.4 Å². The van der Waals surface area contributed by atoms with Gasteiger partial charge in [-0.05, 0) is 63.5 Å². The number of carbonyl (C=O) groups is 6. The van der Waals surface area contributed by atoms with E-state index in [9.17, 15) is 44.1 Å². The van der Waals surface area contributed by atoms with Crippen LogP contribution in [0.4, 0.5) is 4.79 Å². The average molecular weight is 882 g/mol. The minimum atomic E-state index is -2.23. The normalized spacial score (nSPS) is 31.0. The van der Waals surface area contributed by atoms with Gasteiger partial charge in [-0.3, -0.25) is 14.4 Å². The van der Waals surface area contributed by atoms with E-state index in [1.165, 1.54) is 26.0 Å². The second-order valence-corrected chi connectivity index (χ2v) is 19.1. The highest BCUT2D eigenvalue weighted by atomic mass is 32.2. The summed E-state index contributed by atoms with van der Waals surface area (Å²) in [6, 6.07) is 14.6. The maximum absolute atomic E-state index is 14.9. The first-order valence-corrected chi connectivity index (χ1v) is 21.6. The van der Waals surface area contributed by atoms with Crippen LogP contribution in [0.15, 0.2) is 71.8 Å². The molecule has 11 atom stereocenters. The van der Waals surface area contributed by atoms with Crippen molar-refractivity contribution in [2.75, 3.05) is 18.1 Å². The minimum Gasteiger partial charge on any atom is -0.481 e. The third-order valence-corrected chi connectivity index (χ3v) is 13.8. The minimum absolute atomic E-state index is 0.0289. The molecule has 62 heavy (non-hydrogen) atoms. The number of aliphatic hydroxyl groups excluding tert-OH is 2. The number of hydrogen-bond acceptors (Lipinski definition) is 15. The third-order valence-electron chi connectivity index (χ3n) is 12.9. The summed E-state index contributed by atoms with van der Waals surface area (Å²) >= 11 is 0.714. The van der Waals surface area contributed by atoms with Crippen LogP contribution in [0.25, 0.3) is 0 Å². The molecular weight excluding hydrogens is 827 g/mol. The quantitative estimate of drug-likeness (QED) is 0.115. The Morgan fingerprint density at radius 2 is 1.58 bits per heavy atom. The lowest BCUT2D eigenvalue weighted by Crippen LogP contribution is -2.75. The van der Waals surface area contributed by atoms with Gasteiger partial charge >= 0.3 is 30.0 Å². The summed E-state index contributed by atoms with van der Waals surface area (Å²) in [6.07, 6.45) is -10.2. The third kappa shape index (κ3) is 8.87. The van der Waals surface area contributed by atoms with Crippen molar-refractivity contribution < 1.29 is 72.9 Å². The topological polar surface area (TPSA) is 242 Å². The second kappa shape index (κ2) is 17.8. The van der Waals surface area contributed by atoms with E-state index in [2.05, 4.69) is 5.32 Å². The average Bonchev–Trinajstić information content (AvgIpc) is 3.19. The fourth-order valence-corrected chi connectivity index (χ4v) is 10.1. The molecule has 1 amide bonds. The van der Waals surface area contributed by atoms with E-state index in [0.29, 0.717) is 11.8 Å². The van der Waals surface area contributed by atoms with Crippen molar-refractivity contribution in [2.45, 2.75) is 115 Å². The highest BCUT2D eigenvalue weighted by Gasteiger charge is 2.72. The van der Waals surface area contributed by atoms with E-state index in [0.717, 1.165) is 0 Å². The molecule has 0 spiro atoms. The summed E-state index contributed by atoms with van der Waals surface area (Å²) in [5.41, 5.74) is -5.95. The molecule has 1 saturated heterocycles. The largest absolute Gasteiger partial charge is 0.481 e. The fraction of sp³-hybridized carbons (Fsp3) is 0.556. The summed E-state index contributed by atoms with van der Waals surface area (Å²) in [7, 11) is 0. The smallest absolute Gasteiger partial charge is 0.408 e. The molecule has 0 aromatic heterocycles. The van der Waals surface area contributed by atoms with Crippen LogP contribution in [0, 0.1) is 22.7 Å². The molecule has 6 rings (SSSR count). The number of ketones is 1. The lowest BCUT2D eigenvalue weighted by Gasteiger charge is -2.64. The Bertz CT molecular complexity index is 2090. The molecule has 16 nitrogen and oxygen atoms in total. The predicted molar refractivity (Wildman–Crippen MR) is 221 cm³/mol. The molecule has 3 aliphatic carbocycles. The number of carboxylic acid groups (broad SMARTS) is 1. The first-order valence-electron chi connectivity index (χ1n) is 20.5. The molecule has 0 unspecified atom stereocenters. The van der Waals surface area contributed by atoms with Crippen LogP contribution in [0.5, 0.6) is 0 Å². The van der Waals surface area contributed by atoms with Crippen LogP contribution in [0.3, 0.4) is 0 Å². The number of hydrogen-bond donors (Lipinski definition) is 5. The molecule has 2 saturated carbocycles. The number of rotatable bonds is 12. The van der Waals surface area contributed by atoms with E-state index >= 15 is 0 Å². The summed E-state index contributed by atoms with van der Waals surface area (Å²) in [5, 5.41) is 49.1. The summed E-state index contributed by atoms with van der Waals surface area (Å²) in [4.78, 5) is 81.5. The number of amides is 1. The number of carbonyl (C=O) groups excluding carboxylic acids is 5. The van der Waals surface area contributed by atoms with Gasteiger partial charge in [-0.15, -0.1) is 11.8 Å². The highest BCUT2D eigenvalue weighted by Crippen LogP contribution is 2.62. The second-order valence-electron chi connectivity index (χ2n) is 18.2. The molecule has 17 heteroatoms. The highest BCUT2D eigenvalue weighted by molar-refractivity contribution is 8.00. The molecule has 2 aromatic carbocycles. The SMILES string of the molecule is CC1=C2[C@@H](O)C(=O)[C@@]3(C)[C@@H]([C@@H]4CO[C@@H]4C[C@@H]3O)[C@H](OC(=O)c3ccccc3)[C@](O)(C[C@@H]1OC(=O)[C@H](OC(=O)CSCC(=O)O)[C@@H](NC(=O)OC(C)(C)C)c1ccccc1)C2(C)C. The van der Waals surface area contributed by atoms with Crippen LogP contribution in [-0.2, 0) is 42.9 Å². The molecule has 2 aromatic rings. The number of thioether (sulfide) groups is 1. The summed E-state index contributed by atoms with van der Waals surface area (Å²) < 4.78 is 29.6. The van der Waals surface area contributed by atoms with Crippen molar-refractivity contribution in [1.82, 2.24) is 5.32 Å². The zero-order chi connectivity index (χ0) is 45.5. The van der Waals surface area contributed by atoms with Crippen molar-refractivity contribution in [1.29, 1.82) is 0 Å². The van der Waals surface area contributed by atoms with Crippen LogP contribution in [0.2, 0.25) is 0 Å². The molecule has 0 radical (unpaired) electrons. The van der Waals surface area contributed by atoms with E-state index < -0.39 is 130 Å². The Morgan fingerprint density at radius 1 is 0.952 bits per heavy atom. The van der Waals surface area contributed by atoms with Crippen molar-refractivity contribution >= 4 is 47.5 Å². The first kappa shape index (κ1) is 46.7. The van der Waals surface area contributed by atoms with Crippen LogP contribution >= 0.6 is 11.8 Å². The number of ether oxygens (including phenoxy) is 5. The molecule has 4 aliphatic rings. The predicted octanol–water partition coefficient (Wildman–Crippen LogP) is 3.94. The number of benzene rings is 2. The zero-order valence-corrected chi connectivity index (χ0v) is 36.5. The number of fused-ring (bicyclic) bond motifs is 5. The first-order chi connectivity index (χ1) is 29.0. The molecule has 2 bridgehead atoms. The number of aliphatic carboxylic acids is 1. The molecule has 5 N–H and O–H groups in total. The van der Waals surface area contributed by atoms with Crippen molar-refractivity contribution in [2.24, 2.45) is 22.7 Å². The van der Waals surface area contributed by atoms with Gasteiger partial charge in [0.1, 0.15) is 35.6 Å². The lowest BCUT2D eigenvalue weighted by atomic mass is 9.46. The number of nitrogens with one attached hydrogen (secondary N) is 1. The van der Waals surface area contributed by atoms with Gasteiger partial charge in [0.15, 0.2) is 5.78 Å². The summed E-state index contributed by atoms with van der Waals surface area (Å²) in [6.45, 7) is 11.2. The summed E-state index contributed by atoms with van der Waals surface area (Å²) in [5.74, 6) is -7.60. The van der Waals surface area contributed by atoms with Gasteiger partial charge < -0.3 is 49.4 Å². The number of carboxylic acids is 1. The standard InChI is InChI=1S/C45H55NO15S/c1-23-28(58-40(54)36(59-31(50)22-62-21-30(48)49)34(24-14-10-8-11-15-24)46-41(55)61-42(2,3)4)19-45(56)38(60-39(53)25-16-12-9-13-17-25)33-26-20-57-27(26)18-29(47)44(33,7)37(52)35(51)32(23)43(45,5)6/h8-17,26-29,33-36,38,47,51,56H,18-22H2,1-7H3,(H,46,55)(H,48,49)/t26-,27-,28+,29+,33+,34+,35-,36-,38+,44-,45-/m1/s1. The molecular formula is C45H55NO15S. The van der Waals surface area contributed by atoms with E-state index in [4.69, 9.17) is 28.8 Å². The van der Waals surface area contributed by atoms with Gasteiger partial charge in [-0.2, -0.15) is 0 Å². The fourth-order valence-electron chi connectivity index (χ4n) is 9.61. The maximum atomic E-state index is 14.9. The molecule has 336 valence electrons. The maximum Gasteiger partial charge on any atom is 0.408 e. The Balaban J connectivity index is 1.46. The number of Topliss-reactive ketones (excluding diaryl/α,β-unsaturated/α-hetero) is 1.